The predicted molar refractivity (Wildman–Crippen MR) is 95.9 cm³/mol. The van der Waals surface area contributed by atoms with E-state index in [4.69, 9.17) is 9.84 Å². The standard InChI is InChI=1S/C15H18O4.C4H6O2/c1-2-15(17)19-12-14(16)11-18-10-6-9-13-7-4-3-5-8-13;1-3(2)4(5)6/h2-9,14,16H,1,10-12H2;1H2,2H3,(H,5,6). The second-order valence-electron chi connectivity index (χ2n) is 4.92. The molecule has 2 N–H and O–H groups in total. The van der Waals surface area contributed by atoms with Crippen LogP contribution in [0.1, 0.15) is 12.5 Å². The number of esters is 1. The third-order valence-electron chi connectivity index (χ3n) is 2.58. The Morgan fingerprint density at radius 3 is 2.36 bits per heavy atom. The molecule has 0 radical (unpaired) electrons. The highest BCUT2D eigenvalue weighted by molar-refractivity contribution is 5.84. The SMILES string of the molecule is C=C(C)C(=O)O.C=CC(=O)OCC(O)COCC=Cc1ccccc1. The molecule has 0 saturated carbocycles. The second-order valence-corrected chi connectivity index (χ2v) is 4.92. The number of benzene rings is 1. The molecule has 0 aliphatic heterocycles. The van der Waals surface area contributed by atoms with Crippen LogP contribution in [0.3, 0.4) is 0 Å². The van der Waals surface area contributed by atoms with Crippen LogP contribution in [0.15, 0.2) is 61.2 Å². The Morgan fingerprint density at radius 2 is 1.84 bits per heavy atom. The summed E-state index contributed by atoms with van der Waals surface area (Å²) in [5, 5.41) is 17.3. The fourth-order valence-electron chi connectivity index (χ4n) is 1.31. The first-order valence-electron chi connectivity index (χ1n) is 7.52. The quantitative estimate of drug-likeness (QED) is 0.404. The van der Waals surface area contributed by atoms with Crippen LogP contribution in [0.4, 0.5) is 0 Å². The molecule has 136 valence electrons. The van der Waals surface area contributed by atoms with Gasteiger partial charge in [0, 0.05) is 11.6 Å². The first-order valence-corrected chi connectivity index (χ1v) is 7.52. The van der Waals surface area contributed by atoms with Crippen molar-refractivity contribution in [3.05, 3.63) is 66.8 Å². The lowest BCUT2D eigenvalue weighted by Crippen LogP contribution is -2.23. The highest BCUT2D eigenvalue weighted by Crippen LogP contribution is 2.00. The Labute approximate surface area is 147 Å². The average molecular weight is 348 g/mol. The summed E-state index contributed by atoms with van der Waals surface area (Å²) in [5.41, 5.74) is 1.27. The Hall–Kier alpha value is -2.70. The lowest BCUT2D eigenvalue weighted by atomic mass is 10.2. The van der Waals surface area contributed by atoms with Crippen molar-refractivity contribution >= 4 is 18.0 Å². The monoisotopic (exact) mass is 348 g/mol. The normalized spacial score (nSPS) is 11.1. The van der Waals surface area contributed by atoms with Gasteiger partial charge in [-0.1, -0.05) is 55.6 Å². The number of carbonyl (C=O) groups is 2. The molecule has 1 aromatic rings. The summed E-state index contributed by atoms with van der Waals surface area (Å²) in [7, 11) is 0. The van der Waals surface area contributed by atoms with Gasteiger partial charge in [-0.3, -0.25) is 0 Å². The highest BCUT2D eigenvalue weighted by atomic mass is 16.5. The topological polar surface area (TPSA) is 93.1 Å². The molecule has 6 heteroatoms. The van der Waals surface area contributed by atoms with Crippen LogP contribution in [-0.4, -0.2) is 48.1 Å². The molecule has 1 atom stereocenters. The maximum atomic E-state index is 10.7. The lowest BCUT2D eigenvalue weighted by molar-refractivity contribution is -0.141. The number of aliphatic hydroxyl groups is 1. The maximum absolute atomic E-state index is 10.7. The largest absolute Gasteiger partial charge is 0.478 e. The summed E-state index contributed by atoms with van der Waals surface area (Å²) in [6, 6.07) is 9.84. The fraction of sp³-hybridized carbons (Fsp3) is 0.263. The molecule has 0 heterocycles. The van der Waals surface area contributed by atoms with E-state index >= 15 is 0 Å². The van der Waals surface area contributed by atoms with Crippen molar-refractivity contribution in [3.8, 4) is 0 Å². The van der Waals surface area contributed by atoms with Gasteiger partial charge in [0.1, 0.15) is 12.7 Å². The summed E-state index contributed by atoms with van der Waals surface area (Å²) in [6.45, 7) is 8.27. The Balaban J connectivity index is 0.000000823. The van der Waals surface area contributed by atoms with Crippen LogP contribution in [0, 0.1) is 0 Å². The van der Waals surface area contributed by atoms with Gasteiger partial charge in [0.15, 0.2) is 0 Å². The zero-order valence-electron chi connectivity index (χ0n) is 14.3. The van der Waals surface area contributed by atoms with Gasteiger partial charge in [-0.25, -0.2) is 9.59 Å². The number of hydrogen-bond donors (Lipinski definition) is 2. The number of aliphatic hydroxyl groups excluding tert-OH is 1. The summed E-state index contributed by atoms with van der Waals surface area (Å²) in [6.07, 6.45) is 4.02. The third-order valence-corrected chi connectivity index (χ3v) is 2.58. The first-order chi connectivity index (χ1) is 11.9. The van der Waals surface area contributed by atoms with Crippen LogP contribution >= 0.6 is 0 Å². The van der Waals surface area contributed by atoms with Crippen molar-refractivity contribution < 1.29 is 29.3 Å². The first kappa shape index (κ1) is 22.3. The number of aliphatic carboxylic acids is 1. The Bertz CT molecular complexity index is 565. The van der Waals surface area contributed by atoms with Crippen LogP contribution in [-0.2, 0) is 19.1 Å². The van der Waals surface area contributed by atoms with Gasteiger partial charge >= 0.3 is 11.9 Å². The molecular formula is C19H24O6. The van der Waals surface area contributed by atoms with E-state index < -0.39 is 18.0 Å². The van der Waals surface area contributed by atoms with Gasteiger partial charge in [-0.05, 0) is 12.5 Å². The van der Waals surface area contributed by atoms with Crippen molar-refractivity contribution in [1.82, 2.24) is 0 Å². The molecular weight excluding hydrogens is 324 g/mol. The lowest BCUT2D eigenvalue weighted by Gasteiger charge is -2.09. The molecule has 25 heavy (non-hydrogen) atoms. The predicted octanol–water partition coefficient (Wildman–Crippen LogP) is 2.45. The van der Waals surface area contributed by atoms with Crippen LogP contribution < -0.4 is 0 Å². The number of carboxylic acids is 1. The van der Waals surface area contributed by atoms with Gasteiger partial charge in [0.05, 0.1) is 13.2 Å². The smallest absolute Gasteiger partial charge is 0.330 e. The zero-order chi connectivity index (χ0) is 19.1. The third kappa shape index (κ3) is 13.4. The molecule has 0 saturated heterocycles. The highest BCUT2D eigenvalue weighted by Gasteiger charge is 2.06. The van der Waals surface area contributed by atoms with Gasteiger partial charge in [-0.2, -0.15) is 0 Å². The molecule has 0 bridgehead atoms. The van der Waals surface area contributed by atoms with Crippen molar-refractivity contribution in [2.24, 2.45) is 0 Å². The van der Waals surface area contributed by atoms with E-state index in [-0.39, 0.29) is 18.8 Å². The van der Waals surface area contributed by atoms with Crippen molar-refractivity contribution in [2.75, 3.05) is 19.8 Å². The van der Waals surface area contributed by atoms with Crippen LogP contribution in [0.5, 0.6) is 0 Å². The summed E-state index contributed by atoms with van der Waals surface area (Å²) in [4.78, 5) is 20.3. The van der Waals surface area contributed by atoms with E-state index in [0.29, 0.717) is 6.61 Å². The van der Waals surface area contributed by atoms with Gasteiger partial charge in [0.25, 0.3) is 0 Å². The number of rotatable bonds is 9. The summed E-state index contributed by atoms with van der Waals surface area (Å²) in [5.74, 6) is -1.49. The number of carboxylic acid groups (broad SMARTS) is 1. The summed E-state index contributed by atoms with van der Waals surface area (Å²) >= 11 is 0. The molecule has 1 aromatic carbocycles. The Kier molecular flexibility index (Phi) is 12.2. The molecule has 0 spiro atoms. The van der Waals surface area contributed by atoms with Crippen molar-refractivity contribution in [2.45, 2.75) is 13.0 Å². The fourth-order valence-corrected chi connectivity index (χ4v) is 1.31. The minimum Gasteiger partial charge on any atom is -0.478 e. The molecule has 0 amide bonds. The average Bonchev–Trinajstić information content (AvgIpc) is 2.60. The molecule has 0 aliphatic carbocycles. The van der Waals surface area contributed by atoms with Crippen LogP contribution in [0.25, 0.3) is 6.08 Å². The van der Waals surface area contributed by atoms with Crippen LogP contribution in [0.2, 0.25) is 0 Å². The second kappa shape index (κ2) is 13.7. The number of hydrogen-bond acceptors (Lipinski definition) is 5. The zero-order valence-corrected chi connectivity index (χ0v) is 14.3. The van der Waals surface area contributed by atoms with E-state index in [1.54, 1.807) is 0 Å². The number of carbonyl (C=O) groups excluding carboxylic acids is 1. The molecule has 0 aliphatic rings. The molecule has 0 fully saturated rings. The molecule has 1 rings (SSSR count). The van der Waals surface area contributed by atoms with Gasteiger partial charge in [-0.15, -0.1) is 0 Å². The Morgan fingerprint density at radius 1 is 1.24 bits per heavy atom. The minimum absolute atomic E-state index is 0.0900. The van der Waals surface area contributed by atoms with E-state index in [2.05, 4.69) is 17.9 Å². The molecule has 1 unspecified atom stereocenters. The van der Waals surface area contributed by atoms with E-state index in [1.807, 2.05) is 42.5 Å². The van der Waals surface area contributed by atoms with Crippen molar-refractivity contribution in [3.63, 3.8) is 0 Å². The number of ether oxygens (including phenoxy) is 2. The van der Waals surface area contributed by atoms with E-state index in [1.165, 1.54) is 6.92 Å². The molecule has 0 aromatic heterocycles. The van der Waals surface area contributed by atoms with Gasteiger partial charge < -0.3 is 19.7 Å². The van der Waals surface area contributed by atoms with E-state index in [9.17, 15) is 14.7 Å². The maximum Gasteiger partial charge on any atom is 0.330 e. The summed E-state index contributed by atoms with van der Waals surface area (Å²) < 4.78 is 9.90. The van der Waals surface area contributed by atoms with Crippen molar-refractivity contribution in [1.29, 1.82) is 0 Å². The molecule has 6 nitrogen and oxygen atoms in total. The minimum atomic E-state index is -0.935. The van der Waals surface area contributed by atoms with E-state index in [0.717, 1.165) is 11.6 Å². The van der Waals surface area contributed by atoms with Gasteiger partial charge in [0.2, 0.25) is 0 Å².